The van der Waals surface area contributed by atoms with E-state index in [2.05, 4.69) is 10.6 Å². The number of nitrogens with one attached hydrogen (secondary N) is 2. The van der Waals surface area contributed by atoms with Gasteiger partial charge in [0.05, 0.1) is 23.0 Å². The van der Waals surface area contributed by atoms with Gasteiger partial charge in [-0.05, 0) is 72.9 Å². The number of aromatic nitrogens is 1. The summed E-state index contributed by atoms with van der Waals surface area (Å²) in [6.07, 6.45) is 5.90. The number of amides is 2. The van der Waals surface area contributed by atoms with E-state index < -0.39 is 18.5 Å². The average Bonchev–Trinajstić information content (AvgIpc) is 3.43. The molecule has 1 aliphatic rings. The Balaban J connectivity index is 1.40. The minimum Gasteiger partial charge on any atom is -0.465 e. The van der Waals surface area contributed by atoms with Crippen LogP contribution in [0.4, 0.5) is 5.69 Å². The van der Waals surface area contributed by atoms with Crippen molar-refractivity contribution in [2.45, 2.75) is 19.3 Å². The highest BCUT2D eigenvalue weighted by Crippen LogP contribution is 2.36. The molecule has 1 aliphatic carbocycles. The van der Waals surface area contributed by atoms with Crippen LogP contribution in [0, 0.1) is 0 Å². The topological polar surface area (TPSA) is 111 Å². The largest absolute Gasteiger partial charge is 0.465 e. The molecule has 0 saturated carbocycles. The van der Waals surface area contributed by atoms with Crippen molar-refractivity contribution in [3.8, 4) is 0 Å². The van der Waals surface area contributed by atoms with Crippen LogP contribution >= 0.6 is 0 Å². The van der Waals surface area contributed by atoms with Crippen LogP contribution in [-0.2, 0) is 16.0 Å². The van der Waals surface area contributed by atoms with E-state index in [-0.39, 0.29) is 5.91 Å². The Bertz CT molecular complexity index is 1520. The molecule has 0 unspecified atom stereocenters. The third kappa shape index (κ3) is 5.13. The van der Waals surface area contributed by atoms with Gasteiger partial charge in [-0.2, -0.15) is 0 Å². The average molecular weight is 496 g/mol. The normalized spacial score (nSPS) is 13.7. The lowest BCUT2D eigenvalue weighted by atomic mass is 9.86. The van der Waals surface area contributed by atoms with E-state index >= 15 is 0 Å². The van der Waals surface area contributed by atoms with Crippen molar-refractivity contribution in [1.29, 1.82) is 0 Å². The van der Waals surface area contributed by atoms with Gasteiger partial charge in [-0.25, -0.2) is 9.78 Å². The van der Waals surface area contributed by atoms with Crippen molar-refractivity contribution in [2.24, 2.45) is 0 Å². The van der Waals surface area contributed by atoms with Crippen molar-refractivity contribution in [1.82, 2.24) is 10.3 Å². The van der Waals surface area contributed by atoms with Gasteiger partial charge in [0.15, 0.2) is 6.61 Å². The number of esters is 1. The Hall–Kier alpha value is -4.72. The summed E-state index contributed by atoms with van der Waals surface area (Å²) in [6.45, 7) is -0.469. The maximum atomic E-state index is 13.4. The molecule has 8 nitrogen and oxygen atoms in total. The number of hydrogen-bond acceptors (Lipinski definition) is 6. The van der Waals surface area contributed by atoms with Gasteiger partial charge in [0.25, 0.3) is 11.8 Å². The van der Waals surface area contributed by atoms with E-state index in [1.807, 2.05) is 42.5 Å². The second-order valence-corrected chi connectivity index (χ2v) is 8.65. The second-order valence-electron chi connectivity index (χ2n) is 8.65. The predicted octanol–water partition coefficient (Wildman–Crippen LogP) is 4.86. The minimum absolute atomic E-state index is 0.266. The molecule has 186 valence electrons. The number of anilines is 1. The van der Waals surface area contributed by atoms with Gasteiger partial charge >= 0.3 is 5.97 Å². The standard InChI is InChI=1S/C29H25N3O5/c1-30-28(34)19-8-4-9-20(15-19)31-25(33)17-37-29(35)26-22-11-2-3-13-24(22)32-27-18(7-5-12-23(26)27)16-21-10-6-14-36-21/h2-4,6,8-11,13-16H,5,7,12,17H2,1H3,(H,30,34)(H,31,33)/b18-16+. The predicted molar refractivity (Wildman–Crippen MR) is 140 cm³/mol. The summed E-state index contributed by atoms with van der Waals surface area (Å²) in [5, 5.41) is 5.90. The molecule has 2 aromatic heterocycles. The molecule has 2 aromatic carbocycles. The molecule has 0 fully saturated rings. The number of fused-ring (bicyclic) bond motifs is 2. The zero-order valence-electron chi connectivity index (χ0n) is 20.2. The summed E-state index contributed by atoms with van der Waals surface area (Å²) < 4.78 is 11.0. The smallest absolute Gasteiger partial charge is 0.339 e. The molecular formula is C29H25N3O5. The summed E-state index contributed by atoms with van der Waals surface area (Å²) in [4.78, 5) is 42.7. The highest BCUT2D eigenvalue weighted by Gasteiger charge is 2.26. The van der Waals surface area contributed by atoms with E-state index in [4.69, 9.17) is 14.1 Å². The highest BCUT2D eigenvalue weighted by molar-refractivity contribution is 6.07. The number of furan rings is 1. The molecule has 2 heterocycles. The van der Waals surface area contributed by atoms with Crippen molar-refractivity contribution < 1.29 is 23.5 Å². The molecule has 0 atom stereocenters. The van der Waals surface area contributed by atoms with Crippen LogP contribution in [0.2, 0.25) is 0 Å². The first-order valence-corrected chi connectivity index (χ1v) is 12.0. The molecule has 0 aliphatic heterocycles. The molecule has 2 N–H and O–H groups in total. The number of ether oxygens (including phenoxy) is 1. The lowest BCUT2D eigenvalue weighted by Gasteiger charge is -2.22. The lowest BCUT2D eigenvalue weighted by molar-refractivity contribution is -0.119. The number of para-hydroxylation sites is 1. The van der Waals surface area contributed by atoms with Crippen molar-refractivity contribution in [3.05, 3.63) is 95.1 Å². The number of allylic oxidation sites excluding steroid dienone is 1. The van der Waals surface area contributed by atoms with Gasteiger partial charge in [0.1, 0.15) is 5.76 Å². The third-order valence-electron chi connectivity index (χ3n) is 6.20. The third-order valence-corrected chi connectivity index (χ3v) is 6.20. The maximum Gasteiger partial charge on any atom is 0.339 e. The van der Waals surface area contributed by atoms with Gasteiger partial charge < -0.3 is 19.8 Å². The zero-order valence-corrected chi connectivity index (χ0v) is 20.2. The van der Waals surface area contributed by atoms with Crippen LogP contribution in [0.3, 0.4) is 0 Å². The van der Waals surface area contributed by atoms with Crippen LogP contribution < -0.4 is 10.6 Å². The summed E-state index contributed by atoms with van der Waals surface area (Å²) >= 11 is 0. The van der Waals surface area contributed by atoms with E-state index in [1.165, 1.54) is 7.05 Å². The number of hydrogen-bond donors (Lipinski definition) is 2. The Morgan fingerprint density at radius 3 is 2.73 bits per heavy atom. The number of carbonyl (C=O) groups excluding carboxylic acids is 3. The molecule has 0 saturated heterocycles. The van der Waals surface area contributed by atoms with Gasteiger partial charge in [-0.3, -0.25) is 9.59 Å². The van der Waals surface area contributed by atoms with E-state index in [0.717, 1.165) is 35.4 Å². The monoisotopic (exact) mass is 495 g/mol. The molecule has 4 aromatic rings. The fraction of sp³-hybridized carbons (Fsp3) is 0.172. The van der Waals surface area contributed by atoms with E-state index in [1.54, 1.807) is 30.5 Å². The summed E-state index contributed by atoms with van der Waals surface area (Å²) in [5.41, 5.74) is 4.50. The first kappa shape index (κ1) is 24.0. The van der Waals surface area contributed by atoms with Crippen LogP contribution in [0.5, 0.6) is 0 Å². The molecule has 8 heteroatoms. The van der Waals surface area contributed by atoms with Crippen LogP contribution in [0.25, 0.3) is 22.6 Å². The first-order chi connectivity index (χ1) is 18.0. The fourth-order valence-corrected chi connectivity index (χ4v) is 4.54. The van der Waals surface area contributed by atoms with Crippen molar-refractivity contribution in [3.63, 3.8) is 0 Å². The van der Waals surface area contributed by atoms with Crippen molar-refractivity contribution >= 4 is 46.0 Å². The lowest BCUT2D eigenvalue weighted by Crippen LogP contribution is -2.23. The fourth-order valence-electron chi connectivity index (χ4n) is 4.54. The zero-order chi connectivity index (χ0) is 25.8. The molecule has 0 spiro atoms. The van der Waals surface area contributed by atoms with Crippen LogP contribution in [-0.4, -0.2) is 36.4 Å². The van der Waals surface area contributed by atoms with Gasteiger partial charge in [-0.1, -0.05) is 24.3 Å². The number of benzene rings is 2. The molecule has 2 amide bonds. The van der Waals surface area contributed by atoms with Crippen LogP contribution in [0.1, 0.15) is 50.6 Å². The van der Waals surface area contributed by atoms with E-state index in [0.29, 0.717) is 34.1 Å². The number of nitrogens with zero attached hydrogens (tertiary/aromatic N) is 1. The Kier molecular flexibility index (Phi) is 6.81. The molecular weight excluding hydrogens is 470 g/mol. The van der Waals surface area contributed by atoms with Gasteiger partial charge in [0.2, 0.25) is 0 Å². The maximum absolute atomic E-state index is 13.4. The molecule has 37 heavy (non-hydrogen) atoms. The summed E-state index contributed by atoms with van der Waals surface area (Å²) in [6, 6.07) is 17.6. The van der Waals surface area contributed by atoms with Gasteiger partial charge in [-0.15, -0.1) is 0 Å². The Morgan fingerprint density at radius 1 is 1.05 bits per heavy atom. The summed E-state index contributed by atoms with van der Waals surface area (Å²) in [7, 11) is 1.53. The highest BCUT2D eigenvalue weighted by atomic mass is 16.5. The summed E-state index contributed by atoms with van der Waals surface area (Å²) in [5.74, 6) is -0.632. The van der Waals surface area contributed by atoms with Crippen LogP contribution in [0.15, 0.2) is 71.3 Å². The number of rotatable bonds is 6. The first-order valence-electron chi connectivity index (χ1n) is 12.0. The Labute approximate surface area is 213 Å². The SMILES string of the molecule is CNC(=O)c1cccc(NC(=O)COC(=O)c2c3c(nc4ccccc24)/C(=C/c2ccco2)CCC3)c1. The minimum atomic E-state index is -0.580. The van der Waals surface area contributed by atoms with Crippen molar-refractivity contribution in [2.75, 3.05) is 19.0 Å². The van der Waals surface area contributed by atoms with E-state index in [9.17, 15) is 14.4 Å². The number of pyridine rings is 1. The molecule has 0 radical (unpaired) electrons. The second kappa shape index (κ2) is 10.5. The Morgan fingerprint density at radius 2 is 1.92 bits per heavy atom. The van der Waals surface area contributed by atoms with Gasteiger partial charge in [0, 0.05) is 23.7 Å². The quantitative estimate of drug-likeness (QED) is 0.370. The number of carbonyl (C=O) groups is 3. The molecule has 5 rings (SSSR count). The molecule has 0 bridgehead atoms.